The van der Waals surface area contributed by atoms with Gasteiger partial charge in [0.15, 0.2) is 0 Å². The summed E-state index contributed by atoms with van der Waals surface area (Å²) in [6.45, 7) is 7.75. The highest BCUT2D eigenvalue weighted by Crippen LogP contribution is 2.27. The summed E-state index contributed by atoms with van der Waals surface area (Å²) < 4.78 is 0. The van der Waals surface area contributed by atoms with E-state index in [2.05, 4.69) is 12.1 Å². The minimum atomic E-state index is -0.245. The van der Waals surface area contributed by atoms with E-state index in [1.807, 2.05) is 27.7 Å². The summed E-state index contributed by atoms with van der Waals surface area (Å²) >= 11 is 0. The van der Waals surface area contributed by atoms with Crippen LogP contribution in [0.3, 0.4) is 0 Å². The van der Waals surface area contributed by atoms with Gasteiger partial charge < -0.3 is 0 Å². The van der Waals surface area contributed by atoms with Crippen LogP contribution in [-0.4, -0.2) is 0 Å². The monoisotopic (exact) mass is 178 g/mol. The summed E-state index contributed by atoms with van der Waals surface area (Å²) in [6, 6.07) is 4.53. The van der Waals surface area contributed by atoms with Crippen LogP contribution < -0.4 is 0 Å². The molecule has 72 valence electrons. The molecule has 0 atom stereocenters. The molecule has 13 heavy (non-hydrogen) atoms. The summed E-state index contributed by atoms with van der Waals surface area (Å²) in [4.78, 5) is 0. The Morgan fingerprint density at radius 2 is 1.15 bits per heavy atom. The van der Waals surface area contributed by atoms with E-state index in [0.717, 1.165) is 19.3 Å². The van der Waals surface area contributed by atoms with Gasteiger partial charge in [-0.2, -0.15) is 10.5 Å². The number of nitrogens with zero attached hydrogens (tertiary/aromatic N) is 2. The highest BCUT2D eigenvalue weighted by molar-refractivity contribution is 4.94. The van der Waals surface area contributed by atoms with Gasteiger partial charge in [-0.05, 0) is 40.5 Å². The Labute approximate surface area is 81.2 Å². The maximum Gasteiger partial charge on any atom is 0.0683 e. The van der Waals surface area contributed by atoms with Crippen molar-refractivity contribution in [2.24, 2.45) is 10.8 Å². The fourth-order valence-corrected chi connectivity index (χ4v) is 1.08. The van der Waals surface area contributed by atoms with E-state index < -0.39 is 0 Å². The predicted molar refractivity (Wildman–Crippen MR) is 52.6 cm³/mol. The van der Waals surface area contributed by atoms with Crippen molar-refractivity contribution in [2.75, 3.05) is 0 Å². The molecule has 0 spiro atoms. The van der Waals surface area contributed by atoms with E-state index in [1.54, 1.807) is 0 Å². The third-order valence-corrected chi connectivity index (χ3v) is 2.21. The summed E-state index contributed by atoms with van der Waals surface area (Å²) in [7, 11) is 0. The minimum absolute atomic E-state index is 0.245. The molecule has 0 unspecified atom stereocenters. The molecule has 0 radical (unpaired) electrons. The van der Waals surface area contributed by atoms with Crippen molar-refractivity contribution in [3.63, 3.8) is 0 Å². The highest BCUT2D eigenvalue weighted by Gasteiger charge is 2.20. The lowest BCUT2D eigenvalue weighted by atomic mass is 9.83. The average molecular weight is 178 g/mol. The molecule has 0 bridgehead atoms. The molecule has 0 aromatic heterocycles. The van der Waals surface area contributed by atoms with Crippen LogP contribution in [0.15, 0.2) is 0 Å². The smallest absolute Gasteiger partial charge is 0.0683 e. The molecule has 2 heteroatoms. The molecular weight excluding hydrogens is 160 g/mol. The van der Waals surface area contributed by atoms with Gasteiger partial charge in [-0.3, -0.25) is 0 Å². The topological polar surface area (TPSA) is 47.6 Å². The first kappa shape index (κ1) is 12.0. The van der Waals surface area contributed by atoms with Gasteiger partial charge in [-0.15, -0.1) is 0 Å². The molecule has 0 fully saturated rings. The molecule has 0 N–H and O–H groups in total. The predicted octanol–water partition coefficient (Wildman–Crippen LogP) is 3.26. The molecule has 0 aliphatic rings. The van der Waals surface area contributed by atoms with E-state index in [9.17, 15) is 0 Å². The van der Waals surface area contributed by atoms with Crippen LogP contribution in [0.1, 0.15) is 47.0 Å². The van der Waals surface area contributed by atoms with Gasteiger partial charge in [0.05, 0.1) is 23.0 Å². The largest absolute Gasteiger partial charge is 0.198 e. The molecule has 0 aliphatic heterocycles. The quantitative estimate of drug-likeness (QED) is 0.663. The first-order valence-corrected chi connectivity index (χ1v) is 4.65. The number of hydrogen-bond acceptors (Lipinski definition) is 2. The van der Waals surface area contributed by atoms with Crippen LogP contribution in [-0.2, 0) is 0 Å². The van der Waals surface area contributed by atoms with Gasteiger partial charge in [0, 0.05) is 0 Å². The van der Waals surface area contributed by atoms with Crippen LogP contribution in [0, 0.1) is 33.5 Å². The Bertz CT molecular complexity index is 212. The summed E-state index contributed by atoms with van der Waals surface area (Å²) in [5.41, 5.74) is -0.489. The molecular formula is C11H18N2. The maximum absolute atomic E-state index is 8.77. The van der Waals surface area contributed by atoms with Gasteiger partial charge >= 0.3 is 0 Å². The first-order chi connectivity index (χ1) is 5.83. The van der Waals surface area contributed by atoms with Crippen LogP contribution in [0.25, 0.3) is 0 Å². The second kappa shape index (κ2) is 4.28. The van der Waals surface area contributed by atoms with Gasteiger partial charge in [0.25, 0.3) is 0 Å². The lowest BCUT2D eigenvalue weighted by Gasteiger charge is -2.18. The third-order valence-electron chi connectivity index (χ3n) is 2.21. The average Bonchev–Trinajstić information content (AvgIpc) is 2.04. The summed E-state index contributed by atoms with van der Waals surface area (Å²) in [6.07, 6.45) is 2.68. The Kier molecular flexibility index (Phi) is 3.95. The van der Waals surface area contributed by atoms with Crippen molar-refractivity contribution < 1.29 is 0 Å². The van der Waals surface area contributed by atoms with Crippen molar-refractivity contribution >= 4 is 0 Å². The van der Waals surface area contributed by atoms with Crippen molar-refractivity contribution in [2.45, 2.75) is 47.0 Å². The Balaban J connectivity index is 3.85. The van der Waals surface area contributed by atoms with Gasteiger partial charge in [0.2, 0.25) is 0 Å². The van der Waals surface area contributed by atoms with E-state index in [0.29, 0.717) is 0 Å². The van der Waals surface area contributed by atoms with Gasteiger partial charge in [-0.1, -0.05) is 6.42 Å². The zero-order valence-corrected chi connectivity index (χ0v) is 9.02. The van der Waals surface area contributed by atoms with Crippen LogP contribution in [0.4, 0.5) is 0 Å². The van der Waals surface area contributed by atoms with Crippen molar-refractivity contribution in [1.29, 1.82) is 10.5 Å². The molecule has 0 aliphatic carbocycles. The van der Waals surface area contributed by atoms with Crippen molar-refractivity contribution in [3.05, 3.63) is 0 Å². The van der Waals surface area contributed by atoms with E-state index in [1.165, 1.54) is 0 Å². The zero-order valence-electron chi connectivity index (χ0n) is 9.02. The normalized spacial score (nSPS) is 11.8. The lowest BCUT2D eigenvalue weighted by Crippen LogP contribution is -2.12. The van der Waals surface area contributed by atoms with Gasteiger partial charge in [-0.25, -0.2) is 0 Å². The molecule has 0 amide bonds. The maximum atomic E-state index is 8.77. The van der Waals surface area contributed by atoms with E-state index in [4.69, 9.17) is 10.5 Å². The van der Waals surface area contributed by atoms with E-state index in [-0.39, 0.29) is 10.8 Å². The Hall–Kier alpha value is -1.02. The summed E-state index contributed by atoms with van der Waals surface area (Å²) in [5, 5.41) is 17.5. The lowest BCUT2D eigenvalue weighted by molar-refractivity contribution is 0.365. The highest BCUT2D eigenvalue weighted by atomic mass is 14.3. The van der Waals surface area contributed by atoms with E-state index >= 15 is 0 Å². The fraction of sp³-hybridized carbons (Fsp3) is 0.818. The molecule has 0 rings (SSSR count). The second-order valence-electron chi connectivity index (χ2n) is 4.84. The number of nitriles is 2. The molecule has 0 aromatic rings. The standard InChI is InChI=1S/C11H18N2/c1-10(2,8-12)6-5-7-11(3,4)9-13/h5-7H2,1-4H3. The molecule has 2 nitrogen and oxygen atoms in total. The number of rotatable bonds is 4. The molecule has 0 aromatic carbocycles. The molecule has 0 heterocycles. The van der Waals surface area contributed by atoms with Gasteiger partial charge in [0.1, 0.15) is 0 Å². The second-order valence-corrected chi connectivity index (χ2v) is 4.84. The Morgan fingerprint density at radius 3 is 1.38 bits per heavy atom. The van der Waals surface area contributed by atoms with Crippen molar-refractivity contribution in [3.8, 4) is 12.1 Å². The molecule has 0 saturated heterocycles. The molecule has 0 saturated carbocycles. The number of hydrogen-bond donors (Lipinski definition) is 0. The fourth-order valence-electron chi connectivity index (χ4n) is 1.08. The van der Waals surface area contributed by atoms with Crippen LogP contribution >= 0.6 is 0 Å². The van der Waals surface area contributed by atoms with Crippen molar-refractivity contribution in [1.82, 2.24) is 0 Å². The third kappa shape index (κ3) is 5.26. The van der Waals surface area contributed by atoms with Crippen LogP contribution in [0.2, 0.25) is 0 Å². The minimum Gasteiger partial charge on any atom is -0.198 e. The first-order valence-electron chi connectivity index (χ1n) is 4.65. The summed E-state index contributed by atoms with van der Waals surface area (Å²) in [5.74, 6) is 0. The Morgan fingerprint density at radius 1 is 0.846 bits per heavy atom. The zero-order chi connectivity index (χ0) is 10.5. The SMILES string of the molecule is CC(C)(C#N)CCCC(C)(C)C#N. The van der Waals surface area contributed by atoms with Crippen LogP contribution in [0.5, 0.6) is 0 Å².